The average molecular weight is 356 g/mol. The number of rotatable bonds is 7. The first-order valence-corrected chi connectivity index (χ1v) is 7.90. The van der Waals surface area contributed by atoms with E-state index in [-0.39, 0.29) is 41.6 Å². The molecule has 0 spiro atoms. The highest BCUT2D eigenvalue weighted by molar-refractivity contribution is 6.01. The molecule has 0 aromatic heterocycles. The van der Waals surface area contributed by atoms with Crippen LogP contribution in [0.1, 0.15) is 13.8 Å². The normalized spacial score (nSPS) is 10.3. The molecule has 0 unspecified atom stereocenters. The standard InChI is InChI=1S/C20H20O6/c1-12(2)19(22)25-16-11-17(24-10-9-21)18(26-20(23)13(3)4)15-8-6-5-7-14(15)16/h5-8,11,21H,1,3,9-10H2,2,4H3. The Kier molecular flexibility index (Phi) is 6.14. The summed E-state index contributed by atoms with van der Waals surface area (Å²) in [6.45, 7) is 9.94. The Morgan fingerprint density at radius 3 is 2.12 bits per heavy atom. The number of fused-ring (bicyclic) bond motifs is 1. The van der Waals surface area contributed by atoms with Gasteiger partial charge in [0, 0.05) is 28.0 Å². The molecular weight excluding hydrogens is 336 g/mol. The van der Waals surface area contributed by atoms with Crippen molar-refractivity contribution in [3.05, 3.63) is 54.6 Å². The summed E-state index contributed by atoms with van der Waals surface area (Å²) in [5.41, 5.74) is 0.463. The second kappa shape index (κ2) is 8.31. The minimum Gasteiger partial charge on any atom is -0.487 e. The Bertz CT molecular complexity index is 881. The van der Waals surface area contributed by atoms with Gasteiger partial charge >= 0.3 is 11.9 Å². The van der Waals surface area contributed by atoms with Crippen molar-refractivity contribution in [2.45, 2.75) is 13.8 Å². The van der Waals surface area contributed by atoms with E-state index in [0.29, 0.717) is 10.8 Å². The molecule has 0 atom stereocenters. The van der Waals surface area contributed by atoms with Gasteiger partial charge in [-0.2, -0.15) is 0 Å². The largest absolute Gasteiger partial charge is 0.487 e. The molecule has 6 nitrogen and oxygen atoms in total. The molecule has 2 aromatic carbocycles. The van der Waals surface area contributed by atoms with Gasteiger partial charge in [0.05, 0.1) is 6.61 Å². The van der Waals surface area contributed by atoms with Crippen LogP contribution in [0.15, 0.2) is 54.6 Å². The maximum Gasteiger partial charge on any atom is 0.338 e. The van der Waals surface area contributed by atoms with Crippen molar-refractivity contribution in [2.75, 3.05) is 13.2 Å². The van der Waals surface area contributed by atoms with Gasteiger partial charge in [-0.15, -0.1) is 0 Å². The van der Waals surface area contributed by atoms with Crippen LogP contribution < -0.4 is 14.2 Å². The number of hydrogen-bond donors (Lipinski definition) is 1. The molecule has 0 aliphatic carbocycles. The molecule has 136 valence electrons. The number of carbonyl (C=O) groups excluding carboxylic acids is 2. The third-order valence-electron chi connectivity index (χ3n) is 3.37. The molecule has 0 saturated heterocycles. The first kappa shape index (κ1) is 19.2. The molecule has 0 aliphatic heterocycles. The summed E-state index contributed by atoms with van der Waals surface area (Å²) in [6.07, 6.45) is 0. The third kappa shape index (κ3) is 4.29. The van der Waals surface area contributed by atoms with Crippen LogP contribution in [0.2, 0.25) is 0 Å². The van der Waals surface area contributed by atoms with Crippen molar-refractivity contribution in [3.63, 3.8) is 0 Å². The van der Waals surface area contributed by atoms with E-state index in [9.17, 15) is 9.59 Å². The zero-order valence-electron chi connectivity index (χ0n) is 14.7. The van der Waals surface area contributed by atoms with Crippen LogP contribution in [0.4, 0.5) is 0 Å². The molecule has 0 fully saturated rings. The number of esters is 2. The number of benzene rings is 2. The van der Waals surface area contributed by atoms with Crippen LogP contribution in [0.25, 0.3) is 10.8 Å². The van der Waals surface area contributed by atoms with Crippen molar-refractivity contribution in [1.29, 1.82) is 0 Å². The zero-order valence-corrected chi connectivity index (χ0v) is 14.7. The van der Waals surface area contributed by atoms with Crippen molar-refractivity contribution >= 4 is 22.7 Å². The fourth-order valence-electron chi connectivity index (χ4n) is 2.11. The lowest BCUT2D eigenvalue weighted by atomic mass is 10.1. The molecule has 2 aromatic rings. The number of aliphatic hydroxyl groups excluding tert-OH is 1. The van der Waals surface area contributed by atoms with Gasteiger partial charge in [-0.3, -0.25) is 0 Å². The molecule has 0 aliphatic rings. The Hall–Kier alpha value is -3.12. The summed E-state index contributed by atoms with van der Waals surface area (Å²) in [6, 6.07) is 8.39. The SMILES string of the molecule is C=C(C)C(=O)Oc1cc(OCCO)c(OC(=O)C(=C)C)c2ccccc12. The monoisotopic (exact) mass is 356 g/mol. The van der Waals surface area contributed by atoms with Gasteiger partial charge in [-0.05, 0) is 13.8 Å². The number of hydrogen-bond acceptors (Lipinski definition) is 6. The molecule has 0 amide bonds. The maximum atomic E-state index is 12.0. The minimum absolute atomic E-state index is 0.0240. The van der Waals surface area contributed by atoms with Crippen LogP contribution in [0, 0.1) is 0 Å². The molecule has 0 radical (unpaired) electrons. The number of ether oxygens (including phenoxy) is 3. The predicted molar refractivity (Wildman–Crippen MR) is 97.4 cm³/mol. The zero-order chi connectivity index (χ0) is 19.3. The lowest BCUT2D eigenvalue weighted by Crippen LogP contribution is -2.12. The smallest absolute Gasteiger partial charge is 0.338 e. The topological polar surface area (TPSA) is 82.1 Å². The summed E-state index contributed by atoms with van der Waals surface area (Å²) in [7, 11) is 0. The summed E-state index contributed by atoms with van der Waals surface area (Å²) in [5, 5.41) is 10.1. The molecule has 6 heteroatoms. The van der Waals surface area contributed by atoms with Crippen LogP contribution >= 0.6 is 0 Å². The highest BCUT2D eigenvalue weighted by Crippen LogP contribution is 2.42. The van der Waals surface area contributed by atoms with Crippen molar-refractivity contribution in [2.24, 2.45) is 0 Å². The quantitative estimate of drug-likeness (QED) is 0.466. The van der Waals surface area contributed by atoms with Gasteiger partial charge in [0.25, 0.3) is 0 Å². The lowest BCUT2D eigenvalue weighted by Gasteiger charge is -2.16. The molecular formula is C20H20O6. The van der Waals surface area contributed by atoms with Gasteiger partial charge in [0.1, 0.15) is 12.4 Å². The highest BCUT2D eigenvalue weighted by Gasteiger charge is 2.20. The van der Waals surface area contributed by atoms with Gasteiger partial charge < -0.3 is 19.3 Å². The Balaban J connectivity index is 2.64. The van der Waals surface area contributed by atoms with Crippen molar-refractivity contribution in [3.8, 4) is 17.2 Å². The predicted octanol–water partition coefficient (Wildman–Crippen LogP) is 3.17. The molecule has 0 heterocycles. The number of carbonyl (C=O) groups is 2. The van der Waals surface area contributed by atoms with Crippen LogP contribution in [0.3, 0.4) is 0 Å². The van der Waals surface area contributed by atoms with E-state index in [0.717, 1.165) is 0 Å². The van der Waals surface area contributed by atoms with Gasteiger partial charge in [-0.1, -0.05) is 37.4 Å². The van der Waals surface area contributed by atoms with Crippen molar-refractivity contribution < 1.29 is 28.9 Å². The average Bonchev–Trinajstić information content (AvgIpc) is 2.61. The maximum absolute atomic E-state index is 12.0. The van der Waals surface area contributed by atoms with Gasteiger partial charge in [0.15, 0.2) is 11.5 Å². The molecule has 1 N–H and O–H groups in total. The Morgan fingerprint density at radius 1 is 0.962 bits per heavy atom. The van der Waals surface area contributed by atoms with Gasteiger partial charge in [0.2, 0.25) is 0 Å². The van der Waals surface area contributed by atoms with E-state index >= 15 is 0 Å². The first-order valence-electron chi connectivity index (χ1n) is 7.90. The molecule has 2 rings (SSSR count). The van der Waals surface area contributed by atoms with E-state index in [1.807, 2.05) is 0 Å². The summed E-state index contributed by atoms with van der Waals surface area (Å²) < 4.78 is 16.3. The van der Waals surface area contributed by atoms with E-state index in [1.54, 1.807) is 24.3 Å². The van der Waals surface area contributed by atoms with E-state index < -0.39 is 11.9 Å². The number of aliphatic hydroxyl groups is 1. The molecule has 26 heavy (non-hydrogen) atoms. The van der Waals surface area contributed by atoms with Gasteiger partial charge in [-0.25, -0.2) is 9.59 Å². The Labute approximate surface area is 151 Å². The second-order valence-electron chi connectivity index (χ2n) is 5.66. The van der Waals surface area contributed by atoms with Crippen LogP contribution in [-0.2, 0) is 9.59 Å². The molecule has 0 bridgehead atoms. The minimum atomic E-state index is -0.615. The third-order valence-corrected chi connectivity index (χ3v) is 3.37. The van der Waals surface area contributed by atoms with Crippen molar-refractivity contribution in [1.82, 2.24) is 0 Å². The molecule has 0 saturated carbocycles. The fourth-order valence-corrected chi connectivity index (χ4v) is 2.11. The van der Waals surface area contributed by atoms with E-state index in [1.165, 1.54) is 19.9 Å². The second-order valence-corrected chi connectivity index (χ2v) is 5.66. The first-order chi connectivity index (χ1) is 12.3. The summed E-state index contributed by atoms with van der Waals surface area (Å²) in [5.74, 6) is -0.642. The van der Waals surface area contributed by atoms with Crippen LogP contribution in [0.5, 0.6) is 17.2 Å². The fraction of sp³-hybridized carbons (Fsp3) is 0.200. The van der Waals surface area contributed by atoms with Crippen LogP contribution in [-0.4, -0.2) is 30.3 Å². The van der Waals surface area contributed by atoms with E-state index in [2.05, 4.69) is 13.2 Å². The Morgan fingerprint density at radius 2 is 1.54 bits per heavy atom. The lowest BCUT2D eigenvalue weighted by molar-refractivity contribution is -0.131. The highest BCUT2D eigenvalue weighted by atomic mass is 16.6. The summed E-state index contributed by atoms with van der Waals surface area (Å²) >= 11 is 0. The van der Waals surface area contributed by atoms with E-state index in [4.69, 9.17) is 19.3 Å². The summed E-state index contributed by atoms with van der Waals surface area (Å²) in [4.78, 5) is 23.9.